The Labute approximate surface area is 168 Å². The summed E-state index contributed by atoms with van der Waals surface area (Å²) in [6.45, 7) is 5.31. The minimum Gasteiger partial charge on any atom is -0.334 e. The van der Waals surface area contributed by atoms with E-state index in [-0.39, 0.29) is 11.9 Å². The summed E-state index contributed by atoms with van der Waals surface area (Å²) < 4.78 is 38.1. The Morgan fingerprint density at radius 2 is 1.83 bits per heavy atom. The predicted octanol–water partition coefficient (Wildman–Crippen LogP) is 1.44. The number of halogens is 3. The SMILES string of the molecule is C[C@@H](c1ccccc1)N(C)C(=O)C[NH+]1CCN(c2ccc(C(F)(F)F)c[nH+]2)CC1. The number of pyridine rings is 1. The molecule has 0 unspecified atom stereocenters. The number of alkyl halides is 3. The van der Waals surface area contributed by atoms with Gasteiger partial charge in [-0.15, -0.1) is 0 Å². The number of rotatable bonds is 5. The summed E-state index contributed by atoms with van der Waals surface area (Å²) in [4.78, 5) is 20.4. The van der Waals surface area contributed by atoms with Crippen molar-refractivity contribution in [2.24, 2.45) is 0 Å². The normalized spacial score (nSPS) is 16.5. The number of carbonyl (C=O) groups is 1. The van der Waals surface area contributed by atoms with Gasteiger partial charge in [0, 0.05) is 13.1 Å². The summed E-state index contributed by atoms with van der Waals surface area (Å²) in [6.07, 6.45) is -3.35. The van der Waals surface area contributed by atoms with Crippen molar-refractivity contribution in [3.8, 4) is 0 Å². The van der Waals surface area contributed by atoms with Gasteiger partial charge in [-0.3, -0.25) is 9.69 Å². The number of piperazine rings is 1. The third-order valence-electron chi connectivity index (χ3n) is 5.59. The maximum absolute atomic E-state index is 12.7. The van der Waals surface area contributed by atoms with Crippen LogP contribution in [0.5, 0.6) is 0 Å². The second kappa shape index (κ2) is 8.82. The minimum absolute atomic E-state index is 0.00568. The summed E-state index contributed by atoms with van der Waals surface area (Å²) in [7, 11) is 1.83. The molecule has 1 aliphatic heterocycles. The van der Waals surface area contributed by atoms with Crippen LogP contribution in [0.25, 0.3) is 0 Å². The Balaban J connectivity index is 1.51. The lowest BCUT2D eigenvalue weighted by molar-refractivity contribution is -0.892. The summed E-state index contributed by atoms with van der Waals surface area (Å²) in [5.41, 5.74) is 0.410. The molecule has 0 bridgehead atoms. The van der Waals surface area contributed by atoms with Crippen molar-refractivity contribution in [3.05, 3.63) is 59.8 Å². The number of benzene rings is 1. The van der Waals surface area contributed by atoms with Crippen LogP contribution in [0.1, 0.15) is 24.1 Å². The average Bonchev–Trinajstić information content (AvgIpc) is 2.73. The zero-order valence-electron chi connectivity index (χ0n) is 16.7. The third kappa shape index (κ3) is 5.26. The predicted molar refractivity (Wildman–Crippen MR) is 103 cm³/mol. The van der Waals surface area contributed by atoms with Crippen LogP contribution in [0, 0.1) is 0 Å². The monoisotopic (exact) mass is 408 g/mol. The van der Waals surface area contributed by atoms with E-state index in [2.05, 4.69) is 4.98 Å². The number of hydrogen-bond donors (Lipinski definition) is 1. The van der Waals surface area contributed by atoms with Crippen molar-refractivity contribution in [2.75, 3.05) is 44.7 Å². The molecule has 8 heteroatoms. The highest BCUT2D eigenvalue weighted by Crippen LogP contribution is 2.28. The number of quaternary nitrogens is 1. The van der Waals surface area contributed by atoms with Crippen molar-refractivity contribution in [1.82, 2.24) is 4.90 Å². The molecule has 3 rings (SSSR count). The first-order valence-corrected chi connectivity index (χ1v) is 9.74. The Bertz CT molecular complexity index is 803. The van der Waals surface area contributed by atoms with E-state index < -0.39 is 11.7 Å². The molecule has 2 aromatic rings. The second-order valence-corrected chi connectivity index (χ2v) is 7.47. The van der Waals surface area contributed by atoms with Gasteiger partial charge in [-0.25, -0.2) is 4.98 Å². The third-order valence-corrected chi connectivity index (χ3v) is 5.59. The standard InChI is InChI=1S/C21H25F3N4O/c1-16(17-6-4-3-5-7-17)26(2)20(29)15-27-10-12-28(13-11-27)19-9-8-18(14-25-19)21(22,23)24/h3-9,14,16H,10-13,15H2,1-2H3/p+2/t16-/m0/s1. The van der Waals surface area contributed by atoms with Gasteiger partial charge in [-0.2, -0.15) is 13.2 Å². The van der Waals surface area contributed by atoms with Crippen molar-refractivity contribution in [1.29, 1.82) is 0 Å². The number of likely N-dealkylation sites (N-methyl/N-ethyl adjacent to an activating group) is 1. The molecule has 1 aromatic carbocycles. The zero-order chi connectivity index (χ0) is 21.0. The Kier molecular flexibility index (Phi) is 6.42. The summed E-state index contributed by atoms with van der Waals surface area (Å²) in [6, 6.07) is 12.5. The molecule has 156 valence electrons. The minimum atomic E-state index is -4.35. The van der Waals surface area contributed by atoms with Crippen LogP contribution >= 0.6 is 0 Å². The van der Waals surface area contributed by atoms with Crippen LogP contribution in [0.15, 0.2) is 48.7 Å². The molecule has 1 aromatic heterocycles. The molecule has 0 aliphatic carbocycles. The van der Waals surface area contributed by atoms with Crippen LogP contribution in [0.3, 0.4) is 0 Å². The largest absolute Gasteiger partial charge is 0.419 e. The molecule has 1 amide bonds. The Morgan fingerprint density at radius 1 is 1.17 bits per heavy atom. The van der Waals surface area contributed by atoms with Crippen LogP contribution in [-0.2, 0) is 11.0 Å². The fraction of sp³-hybridized carbons (Fsp3) is 0.429. The summed E-state index contributed by atoms with van der Waals surface area (Å²) in [5.74, 6) is 0.754. The lowest BCUT2D eigenvalue weighted by atomic mass is 10.1. The van der Waals surface area contributed by atoms with E-state index in [0.29, 0.717) is 25.5 Å². The lowest BCUT2D eigenvalue weighted by Gasteiger charge is -2.31. The van der Waals surface area contributed by atoms with E-state index in [1.807, 2.05) is 49.2 Å². The van der Waals surface area contributed by atoms with Gasteiger partial charge in [-0.05, 0) is 18.6 Å². The van der Waals surface area contributed by atoms with Crippen LogP contribution < -0.4 is 14.8 Å². The molecule has 1 aliphatic rings. The Hall–Kier alpha value is -2.61. The fourth-order valence-corrected chi connectivity index (χ4v) is 3.54. The molecule has 1 atom stereocenters. The van der Waals surface area contributed by atoms with Gasteiger partial charge < -0.3 is 9.80 Å². The van der Waals surface area contributed by atoms with Crippen LogP contribution in [0.4, 0.5) is 19.0 Å². The van der Waals surface area contributed by atoms with E-state index in [1.54, 1.807) is 4.90 Å². The van der Waals surface area contributed by atoms with Gasteiger partial charge in [0.1, 0.15) is 32.4 Å². The number of hydrogen-bond acceptors (Lipinski definition) is 2. The number of anilines is 1. The molecule has 0 radical (unpaired) electrons. The van der Waals surface area contributed by atoms with Crippen LogP contribution in [0.2, 0.25) is 0 Å². The number of aromatic amines is 1. The molecule has 2 heterocycles. The lowest BCUT2D eigenvalue weighted by Crippen LogP contribution is -3.15. The van der Waals surface area contributed by atoms with Crippen molar-refractivity contribution in [2.45, 2.75) is 19.1 Å². The maximum atomic E-state index is 12.7. The van der Waals surface area contributed by atoms with Gasteiger partial charge >= 0.3 is 6.18 Å². The molecule has 2 N–H and O–H groups in total. The molecule has 1 fully saturated rings. The zero-order valence-corrected chi connectivity index (χ0v) is 16.7. The second-order valence-electron chi connectivity index (χ2n) is 7.47. The first-order valence-electron chi connectivity index (χ1n) is 9.74. The van der Waals surface area contributed by atoms with Crippen LogP contribution in [-0.4, -0.2) is 50.6 Å². The van der Waals surface area contributed by atoms with Crippen molar-refractivity contribution in [3.63, 3.8) is 0 Å². The first kappa shape index (κ1) is 21.1. The highest BCUT2D eigenvalue weighted by atomic mass is 19.4. The summed E-state index contributed by atoms with van der Waals surface area (Å²) in [5, 5.41) is 0. The highest BCUT2D eigenvalue weighted by Gasteiger charge is 2.33. The average molecular weight is 408 g/mol. The Morgan fingerprint density at radius 3 is 2.38 bits per heavy atom. The number of nitrogens with one attached hydrogen (secondary N) is 2. The molecular formula is C21H27F3N4O+2. The number of amides is 1. The fourth-order valence-electron chi connectivity index (χ4n) is 3.54. The summed E-state index contributed by atoms with van der Waals surface area (Å²) >= 11 is 0. The van der Waals surface area contributed by atoms with Gasteiger partial charge in [0.05, 0.1) is 11.6 Å². The van der Waals surface area contributed by atoms with Gasteiger partial charge in [0.2, 0.25) is 0 Å². The van der Waals surface area contributed by atoms with E-state index in [9.17, 15) is 18.0 Å². The molecule has 1 saturated heterocycles. The molecule has 0 spiro atoms. The van der Waals surface area contributed by atoms with Gasteiger partial charge in [-0.1, -0.05) is 30.3 Å². The molecular weight excluding hydrogens is 381 g/mol. The van der Waals surface area contributed by atoms with Gasteiger partial charge in [0.15, 0.2) is 6.54 Å². The maximum Gasteiger partial charge on any atom is 0.419 e. The van der Waals surface area contributed by atoms with E-state index in [0.717, 1.165) is 30.9 Å². The number of H-pyrrole nitrogens is 1. The highest BCUT2D eigenvalue weighted by molar-refractivity contribution is 5.77. The van der Waals surface area contributed by atoms with Crippen molar-refractivity contribution < 1.29 is 27.8 Å². The van der Waals surface area contributed by atoms with E-state index in [4.69, 9.17) is 0 Å². The first-order chi connectivity index (χ1) is 13.8. The molecule has 0 saturated carbocycles. The number of nitrogens with zero attached hydrogens (tertiary/aromatic N) is 2. The van der Waals surface area contributed by atoms with E-state index >= 15 is 0 Å². The van der Waals surface area contributed by atoms with E-state index in [1.165, 1.54) is 11.0 Å². The number of aromatic nitrogens is 1. The number of carbonyl (C=O) groups excluding carboxylic acids is 1. The smallest absolute Gasteiger partial charge is 0.334 e. The molecule has 29 heavy (non-hydrogen) atoms. The molecule has 5 nitrogen and oxygen atoms in total. The topological polar surface area (TPSA) is 42.1 Å². The van der Waals surface area contributed by atoms with Gasteiger partial charge in [0.25, 0.3) is 11.7 Å². The van der Waals surface area contributed by atoms with Crippen molar-refractivity contribution >= 4 is 11.7 Å². The quantitative estimate of drug-likeness (QED) is 0.814.